The van der Waals surface area contributed by atoms with Gasteiger partial charge in [-0.15, -0.1) is 0 Å². The number of carbonyl (C=O) groups excluding carboxylic acids is 1. The lowest BCUT2D eigenvalue weighted by Crippen LogP contribution is -2.22. The van der Waals surface area contributed by atoms with Gasteiger partial charge in [0, 0.05) is 0 Å². The SMILES string of the molecule is Cc1cccc2oc(CNC(=O)c3ccc(CN4CCCC4)o3)nc12. The van der Waals surface area contributed by atoms with Crippen molar-refractivity contribution in [2.75, 3.05) is 13.1 Å². The second kappa shape index (κ2) is 6.72. The molecule has 2 aromatic heterocycles. The molecule has 1 fully saturated rings. The zero-order valence-electron chi connectivity index (χ0n) is 14.2. The smallest absolute Gasteiger partial charge is 0.287 e. The van der Waals surface area contributed by atoms with Crippen LogP contribution in [0.25, 0.3) is 11.1 Å². The maximum absolute atomic E-state index is 12.3. The molecule has 1 aliphatic rings. The number of para-hydroxylation sites is 1. The lowest BCUT2D eigenvalue weighted by Gasteiger charge is -2.11. The monoisotopic (exact) mass is 339 g/mol. The first-order chi connectivity index (χ1) is 12.2. The summed E-state index contributed by atoms with van der Waals surface area (Å²) in [5, 5.41) is 2.80. The average molecular weight is 339 g/mol. The third kappa shape index (κ3) is 3.44. The van der Waals surface area contributed by atoms with Crippen LogP contribution in [0.1, 0.15) is 40.6 Å². The predicted octanol–water partition coefficient (Wildman–Crippen LogP) is 3.26. The molecule has 6 heteroatoms. The van der Waals surface area contributed by atoms with Crippen LogP contribution in [0.4, 0.5) is 0 Å². The Balaban J connectivity index is 1.38. The van der Waals surface area contributed by atoms with E-state index in [2.05, 4.69) is 15.2 Å². The molecule has 0 bridgehead atoms. The van der Waals surface area contributed by atoms with Crippen LogP contribution in [-0.4, -0.2) is 28.9 Å². The molecule has 0 spiro atoms. The van der Waals surface area contributed by atoms with Crippen molar-refractivity contribution in [3.8, 4) is 0 Å². The first-order valence-electron chi connectivity index (χ1n) is 8.63. The van der Waals surface area contributed by atoms with E-state index >= 15 is 0 Å². The highest BCUT2D eigenvalue weighted by Crippen LogP contribution is 2.19. The number of benzene rings is 1. The van der Waals surface area contributed by atoms with Gasteiger partial charge in [0.15, 0.2) is 11.3 Å². The number of hydrogen-bond acceptors (Lipinski definition) is 5. The van der Waals surface area contributed by atoms with Gasteiger partial charge in [-0.05, 0) is 56.6 Å². The van der Waals surface area contributed by atoms with Crippen molar-refractivity contribution in [1.29, 1.82) is 0 Å². The summed E-state index contributed by atoms with van der Waals surface area (Å²) in [6.07, 6.45) is 2.47. The van der Waals surface area contributed by atoms with E-state index in [0.29, 0.717) is 11.7 Å². The summed E-state index contributed by atoms with van der Waals surface area (Å²) in [5.74, 6) is 1.37. The third-order valence-corrected chi connectivity index (χ3v) is 4.53. The van der Waals surface area contributed by atoms with Crippen LogP contribution < -0.4 is 5.32 Å². The second-order valence-electron chi connectivity index (χ2n) is 6.46. The summed E-state index contributed by atoms with van der Waals surface area (Å²) in [4.78, 5) is 19.0. The van der Waals surface area contributed by atoms with Gasteiger partial charge < -0.3 is 14.2 Å². The summed E-state index contributed by atoms with van der Waals surface area (Å²) < 4.78 is 11.3. The molecule has 3 aromatic rings. The number of nitrogens with one attached hydrogen (secondary N) is 1. The molecule has 0 unspecified atom stereocenters. The largest absolute Gasteiger partial charge is 0.455 e. The van der Waals surface area contributed by atoms with Crippen LogP contribution in [0.3, 0.4) is 0 Å². The lowest BCUT2D eigenvalue weighted by molar-refractivity contribution is 0.0916. The third-order valence-electron chi connectivity index (χ3n) is 4.53. The number of hydrogen-bond donors (Lipinski definition) is 1. The van der Waals surface area contributed by atoms with Crippen molar-refractivity contribution in [2.24, 2.45) is 0 Å². The Morgan fingerprint density at radius 1 is 1.20 bits per heavy atom. The van der Waals surface area contributed by atoms with E-state index < -0.39 is 0 Å². The molecule has 6 nitrogen and oxygen atoms in total. The lowest BCUT2D eigenvalue weighted by atomic mass is 10.2. The summed E-state index contributed by atoms with van der Waals surface area (Å²) >= 11 is 0. The Morgan fingerprint density at radius 3 is 2.84 bits per heavy atom. The number of amides is 1. The van der Waals surface area contributed by atoms with Gasteiger partial charge in [-0.3, -0.25) is 9.69 Å². The zero-order chi connectivity index (χ0) is 17.2. The normalized spacial score (nSPS) is 15.1. The Hall–Kier alpha value is -2.60. The molecule has 130 valence electrons. The maximum atomic E-state index is 12.3. The highest BCUT2D eigenvalue weighted by Gasteiger charge is 2.16. The highest BCUT2D eigenvalue weighted by atomic mass is 16.4. The van der Waals surface area contributed by atoms with Crippen LogP contribution in [-0.2, 0) is 13.1 Å². The minimum absolute atomic E-state index is 0.231. The van der Waals surface area contributed by atoms with E-state index in [1.165, 1.54) is 12.8 Å². The van der Waals surface area contributed by atoms with Crippen molar-refractivity contribution in [3.63, 3.8) is 0 Å². The first kappa shape index (κ1) is 15.9. The van der Waals surface area contributed by atoms with Crippen LogP contribution in [0, 0.1) is 6.92 Å². The van der Waals surface area contributed by atoms with Crippen LogP contribution >= 0.6 is 0 Å². The highest BCUT2D eigenvalue weighted by molar-refractivity contribution is 5.91. The fourth-order valence-electron chi connectivity index (χ4n) is 3.20. The van der Waals surface area contributed by atoms with Gasteiger partial charge in [0.25, 0.3) is 5.91 Å². The van der Waals surface area contributed by atoms with Crippen molar-refractivity contribution in [3.05, 3.63) is 53.3 Å². The Morgan fingerprint density at radius 2 is 2.04 bits per heavy atom. The molecule has 3 heterocycles. The molecule has 1 amide bonds. The zero-order valence-corrected chi connectivity index (χ0v) is 14.2. The molecule has 4 rings (SSSR count). The van der Waals surface area contributed by atoms with E-state index in [4.69, 9.17) is 8.83 Å². The fraction of sp³-hybridized carbons (Fsp3) is 0.368. The van der Waals surface area contributed by atoms with Crippen molar-refractivity contribution in [2.45, 2.75) is 32.9 Å². The molecular formula is C19H21N3O3. The summed E-state index contributed by atoms with van der Waals surface area (Å²) in [6.45, 7) is 5.17. The summed E-state index contributed by atoms with van der Waals surface area (Å²) in [6, 6.07) is 9.37. The van der Waals surface area contributed by atoms with E-state index in [9.17, 15) is 4.79 Å². The number of aromatic nitrogens is 1. The van der Waals surface area contributed by atoms with Crippen LogP contribution in [0.5, 0.6) is 0 Å². The number of oxazole rings is 1. The number of nitrogens with zero attached hydrogens (tertiary/aromatic N) is 2. The van der Waals surface area contributed by atoms with Crippen molar-refractivity contribution >= 4 is 17.0 Å². The minimum Gasteiger partial charge on any atom is -0.455 e. The molecular weight excluding hydrogens is 318 g/mol. The molecule has 0 aliphatic carbocycles. The number of aryl methyl sites for hydroxylation is 1. The Bertz CT molecular complexity index is 890. The number of fused-ring (bicyclic) bond motifs is 1. The predicted molar refractivity (Wildman–Crippen MR) is 93.1 cm³/mol. The van der Waals surface area contributed by atoms with E-state index in [1.807, 2.05) is 31.2 Å². The summed E-state index contributed by atoms with van der Waals surface area (Å²) in [7, 11) is 0. The van der Waals surface area contributed by atoms with Gasteiger partial charge in [0.2, 0.25) is 5.89 Å². The maximum Gasteiger partial charge on any atom is 0.287 e. The fourth-order valence-corrected chi connectivity index (χ4v) is 3.20. The summed E-state index contributed by atoms with van der Waals surface area (Å²) in [5.41, 5.74) is 2.62. The van der Waals surface area contributed by atoms with Gasteiger partial charge in [-0.1, -0.05) is 12.1 Å². The van der Waals surface area contributed by atoms with Gasteiger partial charge in [-0.25, -0.2) is 4.98 Å². The minimum atomic E-state index is -0.258. The van der Waals surface area contributed by atoms with Gasteiger partial charge in [-0.2, -0.15) is 0 Å². The topological polar surface area (TPSA) is 71.5 Å². The molecule has 0 atom stereocenters. The van der Waals surface area contributed by atoms with E-state index in [-0.39, 0.29) is 12.5 Å². The quantitative estimate of drug-likeness (QED) is 0.772. The van der Waals surface area contributed by atoms with Crippen LogP contribution in [0.2, 0.25) is 0 Å². The molecule has 1 N–H and O–H groups in total. The number of carbonyl (C=O) groups is 1. The van der Waals surface area contributed by atoms with E-state index in [1.54, 1.807) is 6.07 Å². The van der Waals surface area contributed by atoms with Gasteiger partial charge >= 0.3 is 0 Å². The molecule has 0 radical (unpaired) electrons. The Labute approximate surface area is 145 Å². The molecule has 1 aromatic carbocycles. The Kier molecular flexibility index (Phi) is 4.28. The van der Waals surface area contributed by atoms with Crippen molar-refractivity contribution in [1.82, 2.24) is 15.2 Å². The molecule has 1 aliphatic heterocycles. The molecule has 0 saturated carbocycles. The first-order valence-corrected chi connectivity index (χ1v) is 8.63. The van der Waals surface area contributed by atoms with Gasteiger partial charge in [0.05, 0.1) is 13.1 Å². The van der Waals surface area contributed by atoms with Crippen molar-refractivity contribution < 1.29 is 13.6 Å². The molecule has 25 heavy (non-hydrogen) atoms. The van der Waals surface area contributed by atoms with Crippen LogP contribution in [0.15, 0.2) is 39.2 Å². The van der Waals surface area contributed by atoms with Gasteiger partial charge in [0.1, 0.15) is 11.3 Å². The average Bonchev–Trinajstić information content (AvgIpc) is 3.34. The number of likely N-dealkylation sites (tertiary alicyclic amines) is 1. The van der Waals surface area contributed by atoms with E-state index in [0.717, 1.165) is 42.1 Å². The number of rotatable bonds is 5. The number of furan rings is 1. The molecule has 1 saturated heterocycles. The standard InChI is InChI=1S/C19H21N3O3/c1-13-5-4-6-15-18(13)21-17(25-15)11-20-19(23)16-8-7-14(24-16)12-22-9-2-3-10-22/h4-8H,2-3,9-12H2,1H3,(H,20,23). The second-order valence-corrected chi connectivity index (χ2v) is 6.46.